The van der Waals surface area contributed by atoms with Crippen molar-refractivity contribution in [2.75, 3.05) is 19.6 Å². The Kier molecular flexibility index (Phi) is 6.06. The molecule has 0 aliphatic carbocycles. The van der Waals surface area contributed by atoms with E-state index in [2.05, 4.69) is 41.4 Å². The number of hydrogen-bond donors (Lipinski definition) is 1. The van der Waals surface area contributed by atoms with Crippen LogP contribution in [0.4, 0.5) is 0 Å². The molecule has 1 aliphatic heterocycles. The van der Waals surface area contributed by atoms with E-state index in [1.807, 2.05) is 0 Å². The van der Waals surface area contributed by atoms with Crippen LogP contribution in [-0.2, 0) is 17.8 Å². The molecule has 20 heavy (non-hydrogen) atoms. The molecule has 0 radical (unpaired) electrons. The standard InChI is InChI=1S/C17H26N2O/c1-2-15-6-8-16(9-7-15)14-18-17(20)10-13-19-11-4-3-5-12-19/h6-9H,2-5,10-14H2,1H3,(H,18,20). The highest BCUT2D eigenvalue weighted by atomic mass is 16.1. The molecule has 1 N–H and O–H groups in total. The van der Waals surface area contributed by atoms with Crippen LogP contribution in [-0.4, -0.2) is 30.4 Å². The number of likely N-dealkylation sites (tertiary alicyclic amines) is 1. The molecule has 0 saturated carbocycles. The Bertz CT molecular complexity index is 408. The molecule has 0 aromatic heterocycles. The number of nitrogens with one attached hydrogen (secondary N) is 1. The first-order valence-corrected chi connectivity index (χ1v) is 7.85. The van der Waals surface area contributed by atoms with E-state index in [9.17, 15) is 4.79 Å². The number of aryl methyl sites for hydroxylation is 1. The summed E-state index contributed by atoms with van der Waals surface area (Å²) in [6.07, 6.45) is 5.59. The number of rotatable bonds is 6. The lowest BCUT2D eigenvalue weighted by Crippen LogP contribution is -2.34. The Balaban J connectivity index is 1.66. The highest BCUT2D eigenvalue weighted by Crippen LogP contribution is 2.09. The summed E-state index contributed by atoms with van der Waals surface area (Å²) in [5.41, 5.74) is 2.51. The largest absolute Gasteiger partial charge is 0.352 e. The predicted octanol–water partition coefficient (Wildman–Crippen LogP) is 2.74. The van der Waals surface area contributed by atoms with Crippen LogP contribution in [0.2, 0.25) is 0 Å². The highest BCUT2D eigenvalue weighted by molar-refractivity contribution is 5.76. The van der Waals surface area contributed by atoms with Crippen molar-refractivity contribution in [3.63, 3.8) is 0 Å². The molecule has 1 aliphatic rings. The van der Waals surface area contributed by atoms with Gasteiger partial charge in [0.05, 0.1) is 0 Å². The van der Waals surface area contributed by atoms with Gasteiger partial charge >= 0.3 is 0 Å². The molecular formula is C17H26N2O. The molecule has 0 unspecified atom stereocenters. The van der Waals surface area contributed by atoms with Gasteiger partial charge in [-0.3, -0.25) is 4.79 Å². The lowest BCUT2D eigenvalue weighted by molar-refractivity contribution is -0.121. The summed E-state index contributed by atoms with van der Waals surface area (Å²) in [5, 5.41) is 3.01. The van der Waals surface area contributed by atoms with Crippen LogP contribution in [0.15, 0.2) is 24.3 Å². The molecule has 0 atom stereocenters. The van der Waals surface area contributed by atoms with Gasteiger partial charge in [-0.25, -0.2) is 0 Å². The molecule has 0 bridgehead atoms. The van der Waals surface area contributed by atoms with Crippen LogP contribution in [0.5, 0.6) is 0 Å². The van der Waals surface area contributed by atoms with Gasteiger partial charge in [0.25, 0.3) is 0 Å². The maximum absolute atomic E-state index is 11.8. The Hall–Kier alpha value is -1.35. The van der Waals surface area contributed by atoms with Crippen LogP contribution in [0.25, 0.3) is 0 Å². The molecular weight excluding hydrogens is 248 g/mol. The lowest BCUT2D eigenvalue weighted by Gasteiger charge is -2.25. The van der Waals surface area contributed by atoms with Crippen molar-refractivity contribution < 1.29 is 4.79 Å². The van der Waals surface area contributed by atoms with Crippen LogP contribution in [0, 0.1) is 0 Å². The normalized spacial score (nSPS) is 16.1. The van der Waals surface area contributed by atoms with E-state index in [0.29, 0.717) is 13.0 Å². The molecule has 1 saturated heterocycles. The average molecular weight is 274 g/mol. The van der Waals surface area contributed by atoms with Crippen LogP contribution in [0.1, 0.15) is 43.7 Å². The summed E-state index contributed by atoms with van der Waals surface area (Å²) in [6.45, 7) is 6.01. The second-order valence-corrected chi connectivity index (χ2v) is 5.60. The van der Waals surface area contributed by atoms with Gasteiger partial charge in [-0.1, -0.05) is 37.6 Å². The number of piperidine rings is 1. The maximum atomic E-state index is 11.8. The van der Waals surface area contributed by atoms with Crippen LogP contribution in [0.3, 0.4) is 0 Å². The van der Waals surface area contributed by atoms with Gasteiger partial charge in [-0.15, -0.1) is 0 Å². The van der Waals surface area contributed by atoms with Crippen LogP contribution >= 0.6 is 0 Å². The second kappa shape index (κ2) is 8.05. The zero-order chi connectivity index (χ0) is 14.2. The number of carbonyl (C=O) groups is 1. The van der Waals surface area contributed by atoms with Crippen molar-refractivity contribution >= 4 is 5.91 Å². The SMILES string of the molecule is CCc1ccc(CNC(=O)CCN2CCCCC2)cc1. The molecule has 3 heteroatoms. The molecule has 1 aromatic carbocycles. The topological polar surface area (TPSA) is 32.3 Å². The minimum absolute atomic E-state index is 0.162. The van der Waals surface area contributed by atoms with Gasteiger partial charge in [-0.2, -0.15) is 0 Å². The molecule has 0 spiro atoms. The second-order valence-electron chi connectivity index (χ2n) is 5.60. The van der Waals surface area contributed by atoms with Gasteiger partial charge in [-0.05, 0) is 43.5 Å². The van der Waals surface area contributed by atoms with Crippen molar-refractivity contribution in [1.29, 1.82) is 0 Å². The quantitative estimate of drug-likeness (QED) is 0.865. The Labute approximate surface area is 122 Å². The smallest absolute Gasteiger partial charge is 0.221 e. The highest BCUT2D eigenvalue weighted by Gasteiger charge is 2.11. The van der Waals surface area contributed by atoms with E-state index in [0.717, 1.165) is 26.1 Å². The van der Waals surface area contributed by atoms with Crippen molar-refractivity contribution in [2.24, 2.45) is 0 Å². The van der Waals surface area contributed by atoms with E-state index in [4.69, 9.17) is 0 Å². The molecule has 110 valence electrons. The third kappa shape index (κ3) is 4.97. The van der Waals surface area contributed by atoms with Crippen molar-refractivity contribution in [1.82, 2.24) is 10.2 Å². The predicted molar refractivity (Wildman–Crippen MR) is 82.6 cm³/mol. The number of amides is 1. The Morgan fingerprint density at radius 1 is 1.10 bits per heavy atom. The summed E-state index contributed by atoms with van der Waals surface area (Å²) in [6, 6.07) is 8.47. The van der Waals surface area contributed by atoms with E-state index >= 15 is 0 Å². The van der Waals surface area contributed by atoms with Crippen molar-refractivity contribution in [3.05, 3.63) is 35.4 Å². The van der Waals surface area contributed by atoms with Gasteiger partial charge in [0.1, 0.15) is 0 Å². The summed E-state index contributed by atoms with van der Waals surface area (Å²) in [7, 11) is 0. The van der Waals surface area contributed by atoms with Gasteiger partial charge in [0.15, 0.2) is 0 Å². The van der Waals surface area contributed by atoms with Gasteiger partial charge in [0.2, 0.25) is 5.91 Å². The van der Waals surface area contributed by atoms with E-state index in [1.165, 1.54) is 30.4 Å². The van der Waals surface area contributed by atoms with E-state index < -0.39 is 0 Å². The summed E-state index contributed by atoms with van der Waals surface area (Å²) in [5.74, 6) is 0.162. The monoisotopic (exact) mass is 274 g/mol. The maximum Gasteiger partial charge on any atom is 0.221 e. The minimum atomic E-state index is 0.162. The first kappa shape index (κ1) is 15.0. The number of hydrogen-bond acceptors (Lipinski definition) is 2. The third-order valence-electron chi connectivity index (χ3n) is 4.02. The Morgan fingerprint density at radius 3 is 2.40 bits per heavy atom. The number of carbonyl (C=O) groups excluding carboxylic acids is 1. The molecule has 1 fully saturated rings. The molecule has 1 aromatic rings. The first-order chi connectivity index (χ1) is 9.78. The first-order valence-electron chi connectivity index (χ1n) is 7.85. The molecule has 2 rings (SSSR count). The Morgan fingerprint density at radius 2 is 1.75 bits per heavy atom. The summed E-state index contributed by atoms with van der Waals surface area (Å²) in [4.78, 5) is 14.2. The van der Waals surface area contributed by atoms with Crippen molar-refractivity contribution in [2.45, 2.75) is 45.6 Å². The molecule has 3 nitrogen and oxygen atoms in total. The zero-order valence-corrected chi connectivity index (χ0v) is 12.5. The number of benzene rings is 1. The van der Waals surface area contributed by atoms with Crippen LogP contribution < -0.4 is 5.32 Å². The van der Waals surface area contributed by atoms with Crippen molar-refractivity contribution in [3.8, 4) is 0 Å². The van der Waals surface area contributed by atoms with E-state index in [-0.39, 0.29) is 5.91 Å². The number of nitrogens with zero attached hydrogens (tertiary/aromatic N) is 1. The van der Waals surface area contributed by atoms with Gasteiger partial charge in [0, 0.05) is 19.5 Å². The molecule has 1 heterocycles. The lowest BCUT2D eigenvalue weighted by atomic mass is 10.1. The fourth-order valence-corrected chi connectivity index (χ4v) is 2.62. The minimum Gasteiger partial charge on any atom is -0.352 e. The average Bonchev–Trinajstić information content (AvgIpc) is 2.52. The zero-order valence-electron chi connectivity index (χ0n) is 12.5. The fourth-order valence-electron chi connectivity index (χ4n) is 2.62. The van der Waals surface area contributed by atoms with E-state index in [1.54, 1.807) is 0 Å². The molecule has 1 amide bonds. The van der Waals surface area contributed by atoms with Gasteiger partial charge < -0.3 is 10.2 Å². The summed E-state index contributed by atoms with van der Waals surface area (Å²) < 4.78 is 0. The summed E-state index contributed by atoms with van der Waals surface area (Å²) >= 11 is 0. The third-order valence-corrected chi connectivity index (χ3v) is 4.02. The fraction of sp³-hybridized carbons (Fsp3) is 0.588.